The number of hydrogen-bond donors (Lipinski definition) is 0. The molecule has 6 heteroatoms. The third kappa shape index (κ3) is 1.98. The van der Waals surface area contributed by atoms with Crippen molar-refractivity contribution in [3.8, 4) is 5.69 Å². The Morgan fingerprint density at radius 2 is 2.15 bits per heavy atom. The molecule has 0 aliphatic heterocycles. The van der Waals surface area contributed by atoms with Crippen molar-refractivity contribution in [3.63, 3.8) is 0 Å². The van der Waals surface area contributed by atoms with E-state index in [4.69, 9.17) is 11.6 Å². The standard InChI is InChI=1S/C14H14ClFN4/c1-9-13-14(19(2)18-9)20(12(17-13)6-7-15)11-5-3-4-10(16)8-11/h3-5,8H,6-7H2,1-2H3. The van der Waals surface area contributed by atoms with Gasteiger partial charge in [0.25, 0.3) is 0 Å². The molecule has 0 atom stereocenters. The van der Waals surface area contributed by atoms with Gasteiger partial charge in [-0.1, -0.05) is 6.07 Å². The molecule has 0 spiro atoms. The average Bonchev–Trinajstić information content (AvgIpc) is 2.89. The van der Waals surface area contributed by atoms with Gasteiger partial charge in [0.2, 0.25) is 0 Å². The first-order valence-corrected chi connectivity index (χ1v) is 6.88. The molecule has 3 rings (SSSR count). The number of aryl methyl sites for hydroxylation is 3. The molecule has 20 heavy (non-hydrogen) atoms. The first-order chi connectivity index (χ1) is 9.61. The minimum Gasteiger partial charge on any atom is -0.281 e. The first-order valence-electron chi connectivity index (χ1n) is 6.34. The highest BCUT2D eigenvalue weighted by molar-refractivity contribution is 6.17. The van der Waals surface area contributed by atoms with E-state index in [9.17, 15) is 4.39 Å². The summed E-state index contributed by atoms with van der Waals surface area (Å²) in [5, 5.41) is 4.37. The largest absolute Gasteiger partial charge is 0.281 e. The third-order valence-corrected chi connectivity index (χ3v) is 3.45. The van der Waals surface area contributed by atoms with Crippen LogP contribution in [0.4, 0.5) is 4.39 Å². The molecule has 0 unspecified atom stereocenters. The van der Waals surface area contributed by atoms with E-state index < -0.39 is 0 Å². The Balaban J connectivity index is 2.33. The second-order valence-electron chi connectivity index (χ2n) is 4.66. The van der Waals surface area contributed by atoms with Gasteiger partial charge in [0.15, 0.2) is 5.65 Å². The van der Waals surface area contributed by atoms with Crippen molar-refractivity contribution < 1.29 is 4.39 Å². The predicted octanol–water partition coefficient (Wildman–Crippen LogP) is 2.99. The van der Waals surface area contributed by atoms with E-state index in [0.717, 1.165) is 28.4 Å². The van der Waals surface area contributed by atoms with Crippen LogP contribution in [0.1, 0.15) is 11.5 Å². The summed E-state index contributed by atoms with van der Waals surface area (Å²) < 4.78 is 17.2. The monoisotopic (exact) mass is 292 g/mol. The smallest absolute Gasteiger partial charge is 0.163 e. The summed E-state index contributed by atoms with van der Waals surface area (Å²) in [5.41, 5.74) is 3.27. The maximum absolute atomic E-state index is 13.5. The lowest BCUT2D eigenvalue weighted by atomic mass is 10.3. The van der Waals surface area contributed by atoms with Crippen LogP contribution in [0.3, 0.4) is 0 Å². The average molecular weight is 293 g/mol. The number of rotatable bonds is 3. The van der Waals surface area contributed by atoms with Crippen LogP contribution in [0.25, 0.3) is 16.9 Å². The molecule has 2 heterocycles. The van der Waals surface area contributed by atoms with Crippen molar-refractivity contribution in [2.75, 3.05) is 5.88 Å². The van der Waals surface area contributed by atoms with E-state index in [0.29, 0.717) is 12.3 Å². The quantitative estimate of drug-likeness (QED) is 0.696. The Hall–Kier alpha value is -1.88. The topological polar surface area (TPSA) is 35.6 Å². The van der Waals surface area contributed by atoms with Gasteiger partial charge >= 0.3 is 0 Å². The lowest BCUT2D eigenvalue weighted by Crippen LogP contribution is -2.06. The molecule has 1 aromatic carbocycles. The first kappa shape index (κ1) is 13.1. The number of fused-ring (bicyclic) bond motifs is 1. The van der Waals surface area contributed by atoms with Crippen LogP contribution >= 0.6 is 11.6 Å². The maximum atomic E-state index is 13.5. The van der Waals surface area contributed by atoms with Crippen molar-refractivity contribution in [1.82, 2.24) is 19.3 Å². The fourth-order valence-corrected chi connectivity index (χ4v) is 2.63. The number of nitrogens with zero attached hydrogens (tertiary/aromatic N) is 4. The molecule has 0 N–H and O–H groups in total. The van der Waals surface area contributed by atoms with E-state index in [1.807, 2.05) is 24.6 Å². The highest BCUT2D eigenvalue weighted by atomic mass is 35.5. The van der Waals surface area contributed by atoms with Crippen molar-refractivity contribution >= 4 is 22.8 Å². The molecule has 0 saturated carbocycles. The zero-order chi connectivity index (χ0) is 14.3. The van der Waals surface area contributed by atoms with Gasteiger partial charge in [-0.15, -0.1) is 11.6 Å². The Morgan fingerprint density at radius 3 is 2.85 bits per heavy atom. The van der Waals surface area contributed by atoms with Gasteiger partial charge in [-0.25, -0.2) is 14.1 Å². The third-order valence-electron chi connectivity index (χ3n) is 3.26. The van der Waals surface area contributed by atoms with Crippen LogP contribution in [-0.4, -0.2) is 25.2 Å². The van der Waals surface area contributed by atoms with Crippen LogP contribution in [0.2, 0.25) is 0 Å². The van der Waals surface area contributed by atoms with Gasteiger partial charge in [-0.2, -0.15) is 5.10 Å². The zero-order valence-electron chi connectivity index (χ0n) is 11.3. The lowest BCUT2D eigenvalue weighted by molar-refractivity contribution is 0.626. The van der Waals surface area contributed by atoms with Gasteiger partial charge in [-0.05, 0) is 25.1 Å². The van der Waals surface area contributed by atoms with Gasteiger partial charge in [0.1, 0.15) is 17.2 Å². The summed E-state index contributed by atoms with van der Waals surface area (Å²) in [6.07, 6.45) is 0.617. The molecule has 3 aromatic rings. The number of imidazole rings is 1. The Morgan fingerprint density at radius 1 is 1.35 bits per heavy atom. The molecule has 0 aliphatic carbocycles. The van der Waals surface area contributed by atoms with Crippen LogP contribution in [0.15, 0.2) is 24.3 Å². The minimum absolute atomic E-state index is 0.278. The molecular formula is C14H14ClFN4. The van der Waals surface area contributed by atoms with Crippen molar-refractivity contribution in [2.24, 2.45) is 7.05 Å². The Bertz CT molecular complexity index is 775. The molecule has 0 amide bonds. The van der Waals surface area contributed by atoms with E-state index in [2.05, 4.69) is 10.1 Å². The maximum Gasteiger partial charge on any atom is 0.163 e. The van der Waals surface area contributed by atoms with Gasteiger partial charge in [0, 0.05) is 19.3 Å². The van der Waals surface area contributed by atoms with E-state index >= 15 is 0 Å². The molecule has 0 fully saturated rings. The fraction of sp³-hybridized carbons (Fsp3) is 0.286. The van der Waals surface area contributed by atoms with Crippen LogP contribution < -0.4 is 0 Å². The molecule has 0 saturated heterocycles. The van der Waals surface area contributed by atoms with Crippen LogP contribution in [0, 0.1) is 12.7 Å². The molecular weight excluding hydrogens is 279 g/mol. The molecule has 4 nitrogen and oxygen atoms in total. The second-order valence-corrected chi connectivity index (χ2v) is 5.04. The molecule has 0 aliphatic rings. The Kier molecular flexibility index (Phi) is 3.22. The summed E-state index contributed by atoms with van der Waals surface area (Å²) >= 11 is 5.85. The minimum atomic E-state index is -0.278. The van der Waals surface area contributed by atoms with E-state index in [-0.39, 0.29) is 5.82 Å². The predicted molar refractivity (Wildman–Crippen MR) is 77.0 cm³/mol. The van der Waals surface area contributed by atoms with E-state index in [1.165, 1.54) is 12.1 Å². The van der Waals surface area contributed by atoms with Crippen LogP contribution in [-0.2, 0) is 13.5 Å². The van der Waals surface area contributed by atoms with Gasteiger partial charge in [0.05, 0.1) is 11.4 Å². The summed E-state index contributed by atoms with van der Waals surface area (Å²) in [6.45, 7) is 1.91. The van der Waals surface area contributed by atoms with E-state index in [1.54, 1.807) is 10.7 Å². The van der Waals surface area contributed by atoms with Gasteiger partial charge < -0.3 is 0 Å². The summed E-state index contributed by atoms with van der Waals surface area (Å²) in [4.78, 5) is 4.60. The summed E-state index contributed by atoms with van der Waals surface area (Å²) in [6, 6.07) is 6.45. The number of hydrogen-bond acceptors (Lipinski definition) is 2. The van der Waals surface area contributed by atoms with Crippen molar-refractivity contribution in [1.29, 1.82) is 0 Å². The fourth-order valence-electron chi connectivity index (χ4n) is 2.46. The normalized spacial score (nSPS) is 11.4. The molecule has 0 radical (unpaired) electrons. The SMILES string of the molecule is Cc1nn(C)c2c1nc(CCCl)n2-c1cccc(F)c1. The zero-order valence-corrected chi connectivity index (χ0v) is 12.0. The number of benzene rings is 1. The highest BCUT2D eigenvalue weighted by Crippen LogP contribution is 2.24. The molecule has 2 aromatic heterocycles. The summed E-state index contributed by atoms with van der Waals surface area (Å²) in [5.74, 6) is 1.00. The number of alkyl halides is 1. The van der Waals surface area contributed by atoms with Crippen molar-refractivity contribution in [3.05, 3.63) is 41.6 Å². The lowest BCUT2D eigenvalue weighted by Gasteiger charge is -2.09. The number of halogens is 2. The molecule has 104 valence electrons. The Labute approximate surface area is 120 Å². The van der Waals surface area contributed by atoms with Crippen molar-refractivity contribution in [2.45, 2.75) is 13.3 Å². The summed E-state index contributed by atoms with van der Waals surface area (Å²) in [7, 11) is 1.86. The second kappa shape index (κ2) is 4.90. The number of aromatic nitrogens is 4. The van der Waals surface area contributed by atoms with Gasteiger partial charge in [-0.3, -0.25) is 4.57 Å². The highest BCUT2D eigenvalue weighted by Gasteiger charge is 2.18. The molecule has 0 bridgehead atoms. The van der Waals surface area contributed by atoms with Crippen LogP contribution in [0.5, 0.6) is 0 Å².